The average molecular weight is 112 g/mol. The minimum absolute atomic E-state index is 0.463. The van der Waals surface area contributed by atoms with E-state index in [1.165, 1.54) is 11.8 Å². The Morgan fingerprint density at radius 3 is 3.14 bits per heavy atom. The predicted molar refractivity (Wildman–Crippen MR) is 29.2 cm³/mol. The second-order valence-corrected chi connectivity index (χ2v) is 1.64. The van der Waals surface area contributed by atoms with Crippen molar-refractivity contribution in [2.75, 3.05) is 0 Å². The molecular weight excluding hydrogens is 110 g/mol. The fourth-order valence-corrected chi connectivity index (χ4v) is 0.686. The van der Waals surface area contributed by atoms with Crippen molar-refractivity contribution in [3.05, 3.63) is 11.1 Å². The first-order valence-corrected chi connectivity index (χ1v) is 2.58. The number of carbonyl (C=O) groups excluding carboxylic acids is 1. The van der Waals surface area contributed by atoms with Gasteiger partial charge in [-0.25, -0.2) is 0 Å². The lowest BCUT2D eigenvalue weighted by Crippen LogP contribution is -1.69. The van der Waals surface area contributed by atoms with Gasteiger partial charge in [0.2, 0.25) is 0 Å². The Morgan fingerprint density at radius 2 is 2.86 bits per heavy atom. The third-order valence-electron chi connectivity index (χ3n) is 0.528. The number of nitrogens with zero attached hydrogens (tertiary/aromatic N) is 1. The molecule has 34 valence electrons. The first kappa shape index (κ1) is 4.50. The van der Waals surface area contributed by atoms with Gasteiger partial charge >= 0.3 is 0 Å². The Morgan fingerprint density at radius 1 is 2.00 bits per heavy atom. The molecule has 1 aliphatic rings. The summed E-state index contributed by atoms with van der Waals surface area (Å²) in [5, 5.41) is 1.65. The Kier molecular flexibility index (Phi) is 1.20. The molecule has 0 bridgehead atoms. The van der Waals surface area contributed by atoms with Gasteiger partial charge in [0.15, 0.2) is 0 Å². The molecule has 0 aromatic rings. The molecule has 0 radical (unpaired) electrons. The third kappa shape index (κ3) is 0.856. The zero-order valence-electron chi connectivity index (χ0n) is 3.42. The van der Waals surface area contributed by atoms with Crippen LogP contribution in [0, 0.1) is 0 Å². The molecule has 0 aliphatic carbocycles. The Labute approximate surface area is 45.3 Å². The standard InChI is InChI=1S/C4H2NOS/c6-1-4-2-7-3-5-4/h1-2H/q+1. The van der Waals surface area contributed by atoms with Gasteiger partial charge in [0, 0.05) is 4.99 Å². The van der Waals surface area contributed by atoms with Crippen molar-refractivity contribution in [1.29, 1.82) is 0 Å². The maximum Gasteiger partial charge on any atom is 0.272 e. The molecule has 0 unspecified atom stereocenters. The number of thioether (sulfide) groups is 1. The highest BCUT2D eigenvalue weighted by Crippen LogP contribution is 2.10. The van der Waals surface area contributed by atoms with Crippen molar-refractivity contribution >= 4 is 23.6 Å². The molecule has 0 saturated carbocycles. The van der Waals surface area contributed by atoms with Crippen molar-refractivity contribution in [3.8, 4) is 0 Å². The SMILES string of the molecule is O=CC1=CS[C+]=N1. The van der Waals surface area contributed by atoms with Crippen molar-refractivity contribution in [3.63, 3.8) is 0 Å². The van der Waals surface area contributed by atoms with Gasteiger partial charge in [-0.2, -0.15) is 0 Å². The summed E-state index contributed by atoms with van der Waals surface area (Å²) < 4.78 is 0. The number of rotatable bonds is 1. The van der Waals surface area contributed by atoms with Gasteiger partial charge in [-0.15, -0.1) is 0 Å². The quantitative estimate of drug-likeness (QED) is 0.368. The fraction of sp³-hybridized carbons (Fsp3) is 0. The third-order valence-corrected chi connectivity index (χ3v) is 1.08. The van der Waals surface area contributed by atoms with E-state index >= 15 is 0 Å². The number of carbonyl (C=O) groups is 1. The molecule has 0 fully saturated rings. The summed E-state index contributed by atoms with van der Waals surface area (Å²) in [7, 11) is 0. The van der Waals surface area contributed by atoms with Crippen LogP contribution in [-0.4, -0.2) is 11.8 Å². The molecule has 0 atom stereocenters. The van der Waals surface area contributed by atoms with Gasteiger partial charge in [-0.3, -0.25) is 4.79 Å². The van der Waals surface area contributed by atoms with E-state index in [0.29, 0.717) is 12.0 Å². The normalized spacial score (nSPS) is 15.7. The van der Waals surface area contributed by atoms with E-state index in [9.17, 15) is 4.79 Å². The monoisotopic (exact) mass is 112 g/mol. The van der Waals surface area contributed by atoms with Crippen molar-refractivity contribution in [1.82, 2.24) is 0 Å². The van der Waals surface area contributed by atoms with E-state index in [4.69, 9.17) is 0 Å². The topological polar surface area (TPSA) is 29.4 Å². The zero-order valence-corrected chi connectivity index (χ0v) is 4.23. The molecule has 1 heterocycles. The second kappa shape index (κ2) is 1.87. The number of hydrogen-bond acceptors (Lipinski definition) is 3. The predicted octanol–water partition coefficient (Wildman–Crippen LogP) is 0.679. The zero-order chi connectivity index (χ0) is 5.11. The van der Waals surface area contributed by atoms with Crippen molar-refractivity contribution < 1.29 is 4.79 Å². The highest BCUT2D eigenvalue weighted by molar-refractivity contribution is 8.14. The van der Waals surface area contributed by atoms with Gasteiger partial charge in [0.25, 0.3) is 17.5 Å². The van der Waals surface area contributed by atoms with E-state index in [1.54, 1.807) is 5.41 Å². The van der Waals surface area contributed by atoms with Gasteiger partial charge in [0.05, 0.1) is 0 Å². The summed E-state index contributed by atoms with van der Waals surface area (Å²) in [5.41, 5.74) is 3.00. The molecule has 7 heavy (non-hydrogen) atoms. The van der Waals surface area contributed by atoms with Gasteiger partial charge < -0.3 is 0 Å². The van der Waals surface area contributed by atoms with E-state index in [-0.39, 0.29) is 0 Å². The van der Waals surface area contributed by atoms with Crippen LogP contribution in [0.3, 0.4) is 0 Å². The van der Waals surface area contributed by atoms with Crippen LogP contribution in [0.2, 0.25) is 0 Å². The molecular formula is C4H2NOS+. The number of aldehydes is 1. The lowest BCUT2D eigenvalue weighted by Gasteiger charge is -1.55. The molecule has 1 aliphatic heterocycles. The second-order valence-electron chi connectivity index (χ2n) is 0.982. The number of hydrogen-bond donors (Lipinski definition) is 0. The van der Waals surface area contributed by atoms with Crippen molar-refractivity contribution in [2.45, 2.75) is 0 Å². The minimum atomic E-state index is 0.463. The first-order valence-electron chi connectivity index (χ1n) is 1.70. The average Bonchev–Trinajstić information content (AvgIpc) is 2.14. The maximum absolute atomic E-state index is 9.79. The van der Waals surface area contributed by atoms with Crippen LogP contribution in [0.4, 0.5) is 0 Å². The smallest absolute Gasteiger partial charge is 0.272 e. The van der Waals surface area contributed by atoms with Crippen LogP contribution in [0.1, 0.15) is 0 Å². The first-order chi connectivity index (χ1) is 3.43. The maximum atomic E-state index is 9.79. The molecule has 0 N–H and O–H groups in total. The lowest BCUT2D eigenvalue weighted by atomic mass is 10.6. The van der Waals surface area contributed by atoms with Crippen LogP contribution in [-0.2, 0) is 4.79 Å². The van der Waals surface area contributed by atoms with E-state index in [0.717, 1.165) is 0 Å². The summed E-state index contributed by atoms with van der Waals surface area (Å²) in [6, 6.07) is 0. The molecule has 0 spiro atoms. The van der Waals surface area contributed by atoms with Gasteiger partial charge in [0.1, 0.15) is 17.2 Å². The van der Waals surface area contributed by atoms with E-state index in [1.807, 2.05) is 0 Å². The highest BCUT2D eigenvalue weighted by atomic mass is 32.2. The van der Waals surface area contributed by atoms with Crippen LogP contribution in [0.15, 0.2) is 16.1 Å². The molecule has 0 aromatic carbocycles. The summed E-state index contributed by atoms with van der Waals surface area (Å²) in [6.07, 6.45) is 0.701. The largest absolute Gasteiger partial charge is 0.272 e. The lowest BCUT2D eigenvalue weighted by molar-refractivity contribution is -0.104. The summed E-state index contributed by atoms with van der Waals surface area (Å²) in [6.45, 7) is 0. The summed E-state index contributed by atoms with van der Waals surface area (Å²) in [4.78, 5) is 13.4. The summed E-state index contributed by atoms with van der Waals surface area (Å²) >= 11 is 1.30. The van der Waals surface area contributed by atoms with Crippen LogP contribution in [0.5, 0.6) is 0 Å². The minimum Gasteiger partial charge on any atom is -0.272 e. The van der Waals surface area contributed by atoms with Crippen molar-refractivity contribution in [2.24, 2.45) is 4.99 Å². The molecule has 0 aromatic heterocycles. The summed E-state index contributed by atoms with van der Waals surface area (Å²) in [5.74, 6) is 0. The molecule has 0 amide bonds. The Balaban J connectivity index is 2.69. The Bertz CT molecular complexity index is 139. The molecule has 3 heteroatoms. The van der Waals surface area contributed by atoms with Gasteiger partial charge in [-0.05, 0) is 0 Å². The van der Waals surface area contributed by atoms with Gasteiger partial charge in [-0.1, -0.05) is 0 Å². The Hall–Kier alpha value is -0.660. The molecule has 2 nitrogen and oxygen atoms in total. The fourth-order valence-electron chi connectivity index (χ4n) is 0.246. The number of allylic oxidation sites excluding steroid dienone is 1. The van der Waals surface area contributed by atoms with Crippen LogP contribution in [0.25, 0.3) is 0 Å². The van der Waals surface area contributed by atoms with E-state index in [2.05, 4.69) is 10.5 Å². The van der Waals surface area contributed by atoms with E-state index < -0.39 is 0 Å². The number of aliphatic imine (C=N–C) groups is 1. The van der Waals surface area contributed by atoms with Crippen LogP contribution >= 0.6 is 11.8 Å². The highest BCUT2D eigenvalue weighted by Gasteiger charge is 2.09. The molecule has 1 rings (SSSR count). The van der Waals surface area contributed by atoms with Crippen LogP contribution < -0.4 is 0 Å². The molecule has 0 saturated heterocycles.